The maximum Gasteiger partial charge on any atom is 0.0725 e. The molecular formula is C85H68N2. The van der Waals surface area contributed by atoms with Crippen molar-refractivity contribution in [1.29, 1.82) is 0 Å². The summed E-state index contributed by atoms with van der Waals surface area (Å²) < 4.78 is 0. The number of benzene rings is 12. The van der Waals surface area contributed by atoms with Crippen LogP contribution in [0.2, 0.25) is 0 Å². The van der Waals surface area contributed by atoms with Gasteiger partial charge in [0.1, 0.15) is 0 Å². The van der Waals surface area contributed by atoms with Crippen molar-refractivity contribution in [2.75, 3.05) is 9.80 Å². The molecule has 87 heavy (non-hydrogen) atoms. The molecule has 0 saturated carbocycles. The van der Waals surface area contributed by atoms with Gasteiger partial charge in [-0.1, -0.05) is 235 Å². The number of nitrogens with zero attached hydrogens (tertiary/aromatic N) is 2. The van der Waals surface area contributed by atoms with Crippen molar-refractivity contribution in [3.8, 4) is 66.8 Å². The Labute approximate surface area is 512 Å². The Morgan fingerprint density at radius 1 is 0.241 bits per heavy atom. The highest BCUT2D eigenvalue weighted by Gasteiger charge is 2.52. The molecule has 0 N–H and O–H groups in total. The summed E-state index contributed by atoms with van der Waals surface area (Å²) in [5.74, 6) is 0. The van der Waals surface area contributed by atoms with E-state index in [4.69, 9.17) is 0 Å². The standard InChI is InChI=1S/C85H68N2/c1-51-29-39-64-66-42-36-58(49-78(66)83(6,7)76(64)45-51)86(59-37-43-67-65-40-30-52(2)46-77(65)84(8,9)79(67)50-59)56-35-41-60(53(3)47-56)54-31-33-55(34-32-54)87(80-28-18-27-75-81(80)68-22-13-14-23-70(68)82(75,4)5)57-38-44-74-69(48-57)63-21-12-17-26-73(63)85(74)71-24-15-10-19-61(71)62-20-11-16-25-72(62)85/h10-50H,1-9H3. The second-order valence-corrected chi connectivity index (χ2v) is 27.0. The molecule has 2 heteroatoms. The average molecular weight is 1120 g/mol. The highest BCUT2D eigenvalue weighted by Crippen LogP contribution is 2.64. The van der Waals surface area contributed by atoms with E-state index in [9.17, 15) is 0 Å². The zero-order valence-corrected chi connectivity index (χ0v) is 51.1. The highest BCUT2D eigenvalue weighted by molar-refractivity contribution is 6.00. The third kappa shape index (κ3) is 7.04. The quantitative estimate of drug-likeness (QED) is 0.157. The molecule has 0 radical (unpaired) electrons. The number of anilines is 6. The molecular weight excluding hydrogens is 1050 g/mol. The molecule has 0 heterocycles. The summed E-state index contributed by atoms with van der Waals surface area (Å²) in [4.78, 5) is 5.04. The summed E-state index contributed by atoms with van der Waals surface area (Å²) in [7, 11) is 0. The normalized spacial score (nSPS) is 15.3. The minimum atomic E-state index is -0.417. The third-order valence-electron chi connectivity index (χ3n) is 21.1. The maximum absolute atomic E-state index is 2.54. The Kier molecular flexibility index (Phi) is 10.8. The Morgan fingerprint density at radius 2 is 0.621 bits per heavy atom. The number of fused-ring (bicyclic) bond motifs is 19. The van der Waals surface area contributed by atoms with E-state index in [1.807, 2.05) is 0 Å². The fourth-order valence-electron chi connectivity index (χ4n) is 16.9. The Balaban J connectivity index is 0.797. The van der Waals surface area contributed by atoms with Crippen LogP contribution in [0.3, 0.4) is 0 Å². The van der Waals surface area contributed by atoms with Crippen LogP contribution in [0.25, 0.3) is 66.8 Å². The lowest BCUT2D eigenvalue weighted by Gasteiger charge is -2.32. The SMILES string of the molecule is Cc1ccc2c(c1)C(C)(C)c1cc(N(c3ccc(-c4ccc(N(c5ccc6c(c5)-c5ccccc5C65c6ccccc6-c6ccccc65)c5cccc6c5-c5ccccc5C6(C)C)cc4)c(C)c3)c3ccc4c(c3)C(C)(C)c3cc(C)ccc3-4)ccc1-2. The molecule has 0 bridgehead atoms. The van der Waals surface area contributed by atoms with Crippen LogP contribution in [0.5, 0.6) is 0 Å². The third-order valence-corrected chi connectivity index (χ3v) is 21.1. The van der Waals surface area contributed by atoms with Crippen LogP contribution in [-0.2, 0) is 21.7 Å². The largest absolute Gasteiger partial charge is 0.310 e. The Morgan fingerprint density at radius 3 is 1.16 bits per heavy atom. The van der Waals surface area contributed by atoms with Crippen LogP contribution >= 0.6 is 0 Å². The molecule has 0 saturated heterocycles. The molecule has 0 atom stereocenters. The maximum atomic E-state index is 2.54. The Hall–Kier alpha value is -9.76. The van der Waals surface area contributed by atoms with E-state index in [0.717, 1.165) is 28.4 Å². The topological polar surface area (TPSA) is 6.48 Å². The summed E-state index contributed by atoms with van der Waals surface area (Å²) in [6.45, 7) is 21.1. The van der Waals surface area contributed by atoms with Crippen molar-refractivity contribution in [3.05, 3.63) is 321 Å². The zero-order chi connectivity index (χ0) is 59.0. The first-order chi connectivity index (χ1) is 42.1. The molecule has 0 unspecified atom stereocenters. The molecule has 5 aliphatic rings. The van der Waals surface area contributed by atoms with Gasteiger partial charge in [0.05, 0.1) is 11.1 Å². The fourth-order valence-corrected chi connectivity index (χ4v) is 16.9. The lowest BCUT2D eigenvalue weighted by atomic mass is 9.70. The molecule has 0 amide bonds. The van der Waals surface area contributed by atoms with Crippen molar-refractivity contribution in [1.82, 2.24) is 0 Å². The van der Waals surface area contributed by atoms with E-state index in [-0.39, 0.29) is 16.2 Å². The molecule has 2 nitrogen and oxygen atoms in total. The van der Waals surface area contributed by atoms with E-state index in [1.54, 1.807) is 0 Å². The van der Waals surface area contributed by atoms with Crippen molar-refractivity contribution in [2.45, 2.75) is 84.0 Å². The van der Waals surface area contributed by atoms with Crippen LogP contribution < -0.4 is 9.80 Å². The summed E-state index contributed by atoms with van der Waals surface area (Å²) in [6, 6.07) is 95.5. The smallest absolute Gasteiger partial charge is 0.0725 e. The molecule has 0 aromatic heterocycles. The van der Waals surface area contributed by atoms with Crippen LogP contribution in [0, 0.1) is 20.8 Å². The summed E-state index contributed by atoms with van der Waals surface area (Å²) in [6.07, 6.45) is 0. The van der Waals surface area contributed by atoms with E-state index >= 15 is 0 Å². The zero-order valence-electron chi connectivity index (χ0n) is 51.1. The first-order valence-corrected chi connectivity index (χ1v) is 31.1. The van der Waals surface area contributed by atoms with Gasteiger partial charge in [0, 0.05) is 50.2 Å². The average Bonchev–Trinajstić information content (AvgIpc) is 1.53. The van der Waals surface area contributed by atoms with Crippen LogP contribution in [0.1, 0.15) is 114 Å². The van der Waals surface area contributed by atoms with Crippen molar-refractivity contribution in [3.63, 3.8) is 0 Å². The lowest BCUT2D eigenvalue weighted by molar-refractivity contribution is 0.659. The molecule has 418 valence electrons. The van der Waals surface area contributed by atoms with E-state index in [0.29, 0.717) is 0 Å². The van der Waals surface area contributed by atoms with E-state index < -0.39 is 5.41 Å². The number of hydrogen-bond donors (Lipinski definition) is 0. The van der Waals surface area contributed by atoms with Gasteiger partial charge in [-0.2, -0.15) is 0 Å². The number of rotatable bonds is 7. The molecule has 17 rings (SSSR count). The van der Waals surface area contributed by atoms with E-state index in [1.165, 1.54) is 145 Å². The second kappa shape index (κ2) is 18.1. The second-order valence-electron chi connectivity index (χ2n) is 27.0. The predicted octanol–water partition coefficient (Wildman–Crippen LogP) is 22.5. The van der Waals surface area contributed by atoms with Crippen LogP contribution in [0.4, 0.5) is 34.1 Å². The van der Waals surface area contributed by atoms with Gasteiger partial charge in [0.15, 0.2) is 0 Å². The Bertz CT molecular complexity index is 4790. The van der Waals surface area contributed by atoms with Crippen molar-refractivity contribution in [2.24, 2.45) is 0 Å². The minimum absolute atomic E-state index is 0.148. The van der Waals surface area contributed by atoms with Gasteiger partial charge in [-0.25, -0.2) is 0 Å². The molecule has 12 aromatic rings. The molecule has 12 aromatic carbocycles. The summed E-state index contributed by atoms with van der Waals surface area (Å²) >= 11 is 0. The van der Waals surface area contributed by atoms with Gasteiger partial charge < -0.3 is 9.80 Å². The molecule has 5 aliphatic carbocycles. The van der Waals surface area contributed by atoms with E-state index in [2.05, 4.69) is 321 Å². The lowest BCUT2D eigenvalue weighted by Crippen LogP contribution is -2.25. The van der Waals surface area contributed by atoms with Gasteiger partial charge >= 0.3 is 0 Å². The fraction of sp³-hybridized carbons (Fsp3) is 0.153. The van der Waals surface area contributed by atoms with Crippen LogP contribution in [0.15, 0.2) is 249 Å². The van der Waals surface area contributed by atoms with Gasteiger partial charge in [0.25, 0.3) is 0 Å². The molecule has 1 spiro atoms. The first kappa shape index (κ1) is 51.6. The highest BCUT2D eigenvalue weighted by atomic mass is 15.2. The van der Waals surface area contributed by atoms with Gasteiger partial charge in [0.2, 0.25) is 0 Å². The van der Waals surface area contributed by atoms with Gasteiger partial charge in [-0.05, 0) is 210 Å². The monoisotopic (exact) mass is 1120 g/mol. The molecule has 0 fully saturated rings. The van der Waals surface area contributed by atoms with Gasteiger partial charge in [-0.3, -0.25) is 0 Å². The van der Waals surface area contributed by atoms with Gasteiger partial charge in [-0.15, -0.1) is 0 Å². The number of aryl methyl sites for hydroxylation is 3. The summed E-state index contributed by atoms with van der Waals surface area (Å²) in [5, 5.41) is 0. The van der Waals surface area contributed by atoms with Crippen molar-refractivity contribution < 1.29 is 0 Å². The first-order valence-electron chi connectivity index (χ1n) is 31.1. The molecule has 0 aliphatic heterocycles. The predicted molar refractivity (Wildman–Crippen MR) is 364 cm³/mol. The number of hydrogen-bond acceptors (Lipinski definition) is 2. The van der Waals surface area contributed by atoms with Crippen LogP contribution in [-0.4, -0.2) is 0 Å². The summed E-state index contributed by atoms with van der Waals surface area (Å²) in [5.41, 5.74) is 39.0. The minimum Gasteiger partial charge on any atom is -0.310 e. The van der Waals surface area contributed by atoms with Crippen molar-refractivity contribution >= 4 is 34.1 Å².